The molecule has 1 heterocycles. The van der Waals surface area contributed by atoms with E-state index in [-0.39, 0.29) is 12.3 Å². The molecule has 7 nitrogen and oxygen atoms in total. The lowest BCUT2D eigenvalue weighted by Crippen LogP contribution is -2.40. The molecule has 1 aliphatic rings. The lowest BCUT2D eigenvalue weighted by molar-refractivity contribution is -0.123. The summed E-state index contributed by atoms with van der Waals surface area (Å²) in [5, 5.41) is 5.90. The molecule has 1 aliphatic heterocycles. The van der Waals surface area contributed by atoms with Crippen LogP contribution in [-0.2, 0) is 9.59 Å². The first-order valence-corrected chi connectivity index (χ1v) is 9.11. The fourth-order valence-corrected chi connectivity index (χ4v) is 2.94. The number of hydrazone groups is 1. The third-order valence-corrected chi connectivity index (χ3v) is 4.57. The molecule has 2 amide bonds. The molecule has 0 radical (unpaired) electrons. The highest BCUT2D eigenvalue weighted by Gasteiger charge is 2.35. The number of rotatable bonds is 7. The largest absolute Gasteiger partial charge is 0.492 e. The van der Waals surface area contributed by atoms with E-state index >= 15 is 0 Å². The van der Waals surface area contributed by atoms with Crippen LogP contribution in [0.4, 0.5) is 5.69 Å². The molecular weight excluding hydrogens is 356 g/mol. The van der Waals surface area contributed by atoms with E-state index in [4.69, 9.17) is 10.5 Å². The Morgan fingerprint density at radius 1 is 1.18 bits per heavy atom. The molecule has 1 unspecified atom stereocenters. The third-order valence-electron chi connectivity index (χ3n) is 4.57. The number of hydrogen-bond acceptors (Lipinski definition) is 5. The van der Waals surface area contributed by atoms with Crippen LogP contribution in [0.3, 0.4) is 0 Å². The van der Waals surface area contributed by atoms with Gasteiger partial charge in [-0.2, -0.15) is 5.10 Å². The molecule has 0 aliphatic carbocycles. The van der Waals surface area contributed by atoms with Gasteiger partial charge in [0.05, 0.1) is 12.2 Å². The number of nitrogens with zero attached hydrogens (tertiary/aromatic N) is 3. The van der Waals surface area contributed by atoms with Crippen LogP contribution in [0, 0.1) is 6.92 Å². The molecule has 0 saturated carbocycles. The van der Waals surface area contributed by atoms with Gasteiger partial charge in [0.1, 0.15) is 24.1 Å². The molecule has 0 aromatic heterocycles. The van der Waals surface area contributed by atoms with Gasteiger partial charge in [-0.05, 0) is 31.2 Å². The highest BCUT2D eigenvalue weighted by Crippen LogP contribution is 2.24. The number of ether oxygens (including phenoxy) is 1. The maximum absolute atomic E-state index is 12.7. The van der Waals surface area contributed by atoms with Crippen LogP contribution >= 0.6 is 0 Å². The molecule has 3 rings (SSSR count). The van der Waals surface area contributed by atoms with Gasteiger partial charge in [0, 0.05) is 13.5 Å². The van der Waals surface area contributed by atoms with Gasteiger partial charge >= 0.3 is 0 Å². The molecule has 0 bridgehead atoms. The molecule has 28 heavy (non-hydrogen) atoms. The summed E-state index contributed by atoms with van der Waals surface area (Å²) in [6, 6.07) is 16.3. The van der Waals surface area contributed by atoms with E-state index in [2.05, 4.69) is 5.10 Å². The molecule has 0 fully saturated rings. The van der Waals surface area contributed by atoms with Crippen molar-refractivity contribution in [3.63, 3.8) is 0 Å². The number of para-hydroxylation sites is 1. The summed E-state index contributed by atoms with van der Waals surface area (Å²) in [5.41, 5.74) is 7.71. The summed E-state index contributed by atoms with van der Waals surface area (Å²) >= 11 is 0. The molecule has 2 N–H and O–H groups in total. The highest BCUT2D eigenvalue weighted by molar-refractivity contribution is 6.40. The second-order valence-corrected chi connectivity index (χ2v) is 6.74. The number of anilines is 1. The minimum Gasteiger partial charge on any atom is -0.492 e. The molecule has 2 aromatic carbocycles. The number of benzene rings is 2. The molecular formula is C21H24N4O3. The van der Waals surface area contributed by atoms with Gasteiger partial charge in [0.15, 0.2) is 0 Å². The van der Waals surface area contributed by atoms with E-state index in [1.54, 1.807) is 11.9 Å². The SMILES string of the molecule is Cc1ccc(OCCN(C)C(=O)C2=NN(c3ccccc3)C(C(N)=O)C2)cc1. The zero-order chi connectivity index (χ0) is 20.1. The van der Waals surface area contributed by atoms with Gasteiger partial charge in [-0.1, -0.05) is 35.9 Å². The minimum absolute atomic E-state index is 0.187. The van der Waals surface area contributed by atoms with Crippen molar-refractivity contribution in [3.05, 3.63) is 60.2 Å². The fourth-order valence-electron chi connectivity index (χ4n) is 2.94. The van der Waals surface area contributed by atoms with Crippen molar-refractivity contribution < 1.29 is 14.3 Å². The molecule has 7 heteroatoms. The summed E-state index contributed by atoms with van der Waals surface area (Å²) in [4.78, 5) is 26.1. The van der Waals surface area contributed by atoms with Crippen LogP contribution < -0.4 is 15.5 Å². The second-order valence-electron chi connectivity index (χ2n) is 6.74. The number of likely N-dealkylation sites (N-methyl/N-ethyl adjacent to an activating group) is 1. The van der Waals surface area contributed by atoms with Gasteiger partial charge < -0.3 is 15.4 Å². The second kappa shape index (κ2) is 8.56. The van der Waals surface area contributed by atoms with Gasteiger partial charge in [-0.3, -0.25) is 14.6 Å². The number of amides is 2. The standard InChI is InChI=1S/C21H24N4O3/c1-15-8-10-17(11-9-15)28-13-12-24(2)21(27)18-14-19(20(22)26)25(23-18)16-6-4-3-5-7-16/h3-11,19H,12-14H2,1-2H3,(H2,22,26). The Kier molecular flexibility index (Phi) is 5.93. The Morgan fingerprint density at radius 2 is 1.86 bits per heavy atom. The number of carbonyl (C=O) groups is 2. The highest BCUT2D eigenvalue weighted by atomic mass is 16.5. The van der Waals surface area contributed by atoms with Crippen LogP contribution in [-0.4, -0.2) is 48.7 Å². The predicted molar refractivity (Wildman–Crippen MR) is 108 cm³/mol. The Labute approximate surface area is 164 Å². The number of aryl methyl sites for hydroxylation is 1. The first-order valence-electron chi connectivity index (χ1n) is 9.11. The van der Waals surface area contributed by atoms with E-state index < -0.39 is 11.9 Å². The van der Waals surface area contributed by atoms with Gasteiger partial charge in [0.2, 0.25) is 5.91 Å². The summed E-state index contributed by atoms with van der Waals surface area (Å²) in [5.74, 6) is 0.00616. The lowest BCUT2D eigenvalue weighted by atomic mass is 10.1. The van der Waals surface area contributed by atoms with E-state index in [1.807, 2.05) is 61.5 Å². The monoisotopic (exact) mass is 380 g/mol. The minimum atomic E-state index is -0.668. The number of nitrogens with two attached hydrogens (primary N) is 1. The normalized spacial score (nSPS) is 15.9. The Morgan fingerprint density at radius 3 is 2.50 bits per heavy atom. The molecule has 2 aromatic rings. The quantitative estimate of drug-likeness (QED) is 0.795. The van der Waals surface area contributed by atoms with Crippen molar-refractivity contribution in [2.45, 2.75) is 19.4 Å². The smallest absolute Gasteiger partial charge is 0.270 e. The Hall–Kier alpha value is -3.35. The van der Waals surface area contributed by atoms with Crippen molar-refractivity contribution in [3.8, 4) is 5.75 Å². The van der Waals surface area contributed by atoms with Crippen molar-refractivity contribution in [2.75, 3.05) is 25.2 Å². The average Bonchev–Trinajstić information content (AvgIpc) is 3.15. The number of carbonyl (C=O) groups excluding carboxylic acids is 2. The van der Waals surface area contributed by atoms with E-state index in [0.717, 1.165) is 17.0 Å². The zero-order valence-electron chi connectivity index (χ0n) is 16.0. The van der Waals surface area contributed by atoms with Crippen LogP contribution in [0.2, 0.25) is 0 Å². The van der Waals surface area contributed by atoms with Gasteiger partial charge in [0.25, 0.3) is 5.91 Å². The van der Waals surface area contributed by atoms with Crippen molar-refractivity contribution in [1.29, 1.82) is 0 Å². The van der Waals surface area contributed by atoms with E-state index in [1.165, 1.54) is 5.01 Å². The fraction of sp³-hybridized carbons (Fsp3) is 0.286. The Balaban J connectivity index is 1.62. The maximum Gasteiger partial charge on any atom is 0.270 e. The van der Waals surface area contributed by atoms with Crippen LogP contribution in [0.5, 0.6) is 5.75 Å². The predicted octanol–water partition coefficient (Wildman–Crippen LogP) is 1.95. The van der Waals surface area contributed by atoms with E-state index in [9.17, 15) is 9.59 Å². The topological polar surface area (TPSA) is 88.2 Å². The lowest BCUT2D eigenvalue weighted by Gasteiger charge is -2.20. The first-order chi connectivity index (χ1) is 13.5. The molecule has 146 valence electrons. The molecule has 1 atom stereocenters. The zero-order valence-corrected chi connectivity index (χ0v) is 16.0. The summed E-state index contributed by atoms with van der Waals surface area (Å²) in [7, 11) is 1.69. The van der Waals surface area contributed by atoms with Crippen LogP contribution in [0.25, 0.3) is 0 Å². The summed E-state index contributed by atoms with van der Waals surface area (Å²) in [6.45, 7) is 2.77. The number of hydrogen-bond donors (Lipinski definition) is 1. The van der Waals surface area contributed by atoms with E-state index in [0.29, 0.717) is 18.9 Å². The summed E-state index contributed by atoms with van der Waals surface area (Å²) in [6.07, 6.45) is 0.187. The van der Waals surface area contributed by atoms with Crippen molar-refractivity contribution in [2.24, 2.45) is 10.8 Å². The maximum atomic E-state index is 12.7. The molecule has 0 spiro atoms. The first kappa shape index (κ1) is 19.4. The van der Waals surface area contributed by atoms with Crippen LogP contribution in [0.15, 0.2) is 59.7 Å². The third kappa shape index (κ3) is 4.49. The average molecular weight is 380 g/mol. The van der Waals surface area contributed by atoms with Crippen LogP contribution in [0.1, 0.15) is 12.0 Å². The van der Waals surface area contributed by atoms with Crippen molar-refractivity contribution in [1.82, 2.24) is 4.90 Å². The van der Waals surface area contributed by atoms with Gasteiger partial charge in [-0.15, -0.1) is 0 Å². The van der Waals surface area contributed by atoms with Crippen molar-refractivity contribution >= 4 is 23.2 Å². The summed E-state index contributed by atoms with van der Waals surface area (Å²) < 4.78 is 5.68. The van der Waals surface area contributed by atoms with Gasteiger partial charge in [-0.25, -0.2) is 0 Å². The Bertz CT molecular complexity index is 865. The molecule has 0 saturated heterocycles. The number of primary amides is 1.